The van der Waals surface area contributed by atoms with Gasteiger partial charge in [-0.3, -0.25) is 0 Å². The van der Waals surface area contributed by atoms with Crippen molar-refractivity contribution >= 4 is 0 Å². The zero-order chi connectivity index (χ0) is 12.2. The lowest BCUT2D eigenvalue weighted by molar-refractivity contribution is 0.0142. The van der Waals surface area contributed by atoms with Crippen LogP contribution in [0.4, 0.5) is 8.78 Å². The lowest BCUT2D eigenvalue weighted by atomic mass is 10.1. The molecule has 0 radical (unpaired) electrons. The van der Waals surface area contributed by atoms with Crippen LogP contribution in [-0.2, 0) is 4.74 Å². The second-order valence-corrected chi connectivity index (χ2v) is 3.77. The van der Waals surface area contributed by atoms with Crippen LogP contribution in [0, 0.1) is 0 Å². The third kappa shape index (κ3) is 10.1. The average molecular weight is 235 g/mol. The average Bonchev–Trinajstić information content (AvgIpc) is 2.26. The van der Waals surface area contributed by atoms with Gasteiger partial charge in [-0.15, -0.1) is 6.58 Å². The van der Waals surface area contributed by atoms with Crippen LogP contribution in [0.15, 0.2) is 12.7 Å². The molecular formula is C12H23F2NO. The Bertz CT molecular complexity index is 165. The van der Waals surface area contributed by atoms with Crippen LogP contribution in [0.25, 0.3) is 0 Å². The van der Waals surface area contributed by atoms with E-state index in [2.05, 4.69) is 18.8 Å². The van der Waals surface area contributed by atoms with Gasteiger partial charge in [-0.25, -0.2) is 8.78 Å². The molecule has 0 aliphatic carbocycles. The summed E-state index contributed by atoms with van der Waals surface area (Å²) in [7, 11) is 0. The fourth-order valence-corrected chi connectivity index (χ4v) is 1.41. The number of ether oxygens (including phenoxy) is 1. The molecule has 0 saturated heterocycles. The predicted molar refractivity (Wildman–Crippen MR) is 63.0 cm³/mol. The largest absolute Gasteiger partial charge is 0.375 e. The predicted octanol–water partition coefficient (Wildman–Crippen LogP) is 2.99. The van der Waals surface area contributed by atoms with Crippen molar-refractivity contribution in [1.29, 1.82) is 0 Å². The first-order valence-electron chi connectivity index (χ1n) is 5.90. The normalized spacial score (nSPS) is 13.0. The molecule has 0 rings (SSSR count). The summed E-state index contributed by atoms with van der Waals surface area (Å²) in [6, 6.07) is 0.343. The molecule has 96 valence electrons. The molecule has 1 unspecified atom stereocenters. The molecule has 0 aliphatic heterocycles. The van der Waals surface area contributed by atoms with Gasteiger partial charge < -0.3 is 10.1 Å². The smallest absolute Gasteiger partial charge is 0.261 e. The minimum absolute atomic E-state index is 0.343. The van der Waals surface area contributed by atoms with E-state index >= 15 is 0 Å². The molecule has 0 aliphatic rings. The Morgan fingerprint density at radius 3 is 2.69 bits per heavy atom. The van der Waals surface area contributed by atoms with E-state index in [-0.39, 0.29) is 0 Å². The second kappa shape index (κ2) is 11.0. The zero-order valence-electron chi connectivity index (χ0n) is 10.1. The van der Waals surface area contributed by atoms with Crippen molar-refractivity contribution in [1.82, 2.24) is 5.32 Å². The molecular weight excluding hydrogens is 212 g/mol. The Labute approximate surface area is 97.1 Å². The standard InChI is InChI=1S/C12H23F2NO/c1-3-5-6-11(15-8-4-2)7-9-16-10-12(13)14/h3,11-12,15H,1,4-10H2,2H3. The van der Waals surface area contributed by atoms with Crippen LogP contribution in [0.3, 0.4) is 0 Å². The summed E-state index contributed by atoms with van der Waals surface area (Å²) in [4.78, 5) is 0. The summed E-state index contributed by atoms with van der Waals surface area (Å²) in [6.45, 7) is 6.67. The molecule has 0 aromatic heterocycles. The van der Waals surface area contributed by atoms with E-state index in [1.165, 1.54) is 0 Å². The third-order valence-corrected chi connectivity index (χ3v) is 2.26. The zero-order valence-corrected chi connectivity index (χ0v) is 10.1. The molecule has 0 spiro atoms. The first-order chi connectivity index (χ1) is 7.70. The van der Waals surface area contributed by atoms with Crippen LogP contribution < -0.4 is 5.32 Å². The highest BCUT2D eigenvalue weighted by molar-refractivity contribution is 4.73. The number of hydrogen-bond acceptors (Lipinski definition) is 2. The minimum atomic E-state index is -2.37. The van der Waals surface area contributed by atoms with E-state index < -0.39 is 13.0 Å². The van der Waals surface area contributed by atoms with E-state index in [9.17, 15) is 8.78 Å². The highest BCUT2D eigenvalue weighted by Crippen LogP contribution is 2.04. The first kappa shape index (κ1) is 15.5. The van der Waals surface area contributed by atoms with Gasteiger partial charge in [-0.1, -0.05) is 13.0 Å². The Morgan fingerprint density at radius 2 is 2.12 bits per heavy atom. The van der Waals surface area contributed by atoms with Gasteiger partial charge >= 0.3 is 0 Å². The number of hydrogen-bond donors (Lipinski definition) is 1. The third-order valence-electron chi connectivity index (χ3n) is 2.26. The summed E-state index contributed by atoms with van der Waals surface area (Å²) in [5.74, 6) is 0. The molecule has 4 heteroatoms. The van der Waals surface area contributed by atoms with Crippen LogP contribution in [0.5, 0.6) is 0 Å². The SMILES string of the molecule is C=CCCC(CCOCC(F)F)NCCC. The van der Waals surface area contributed by atoms with Crippen molar-refractivity contribution in [3.8, 4) is 0 Å². The van der Waals surface area contributed by atoms with E-state index in [4.69, 9.17) is 4.74 Å². The topological polar surface area (TPSA) is 21.3 Å². The summed E-state index contributed by atoms with van der Waals surface area (Å²) in [5, 5.41) is 3.38. The quantitative estimate of drug-likeness (QED) is 0.439. The van der Waals surface area contributed by atoms with Gasteiger partial charge in [0.2, 0.25) is 0 Å². The summed E-state index contributed by atoms with van der Waals surface area (Å²) < 4.78 is 28.5. The van der Waals surface area contributed by atoms with Gasteiger partial charge in [0.15, 0.2) is 0 Å². The summed E-state index contributed by atoms with van der Waals surface area (Å²) in [5.41, 5.74) is 0. The fourth-order valence-electron chi connectivity index (χ4n) is 1.41. The molecule has 0 aromatic rings. The highest BCUT2D eigenvalue weighted by atomic mass is 19.3. The lowest BCUT2D eigenvalue weighted by Crippen LogP contribution is -2.31. The second-order valence-electron chi connectivity index (χ2n) is 3.77. The maximum Gasteiger partial charge on any atom is 0.261 e. The molecule has 0 bridgehead atoms. The number of halogens is 2. The monoisotopic (exact) mass is 235 g/mol. The van der Waals surface area contributed by atoms with Crippen LogP contribution in [-0.4, -0.2) is 32.2 Å². The Balaban J connectivity index is 3.59. The molecule has 0 heterocycles. The van der Waals surface area contributed by atoms with Gasteiger partial charge in [-0.05, 0) is 32.2 Å². The Morgan fingerprint density at radius 1 is 1.38 bits per heavy atom. The Hall–Kier alpha value is -0.480. The van der Waals surface area contributed by atoms with Crippen LogP contribution in [0.2, 0.25) is 0 Å². The van der Waals surface area contributed by atoms with Crippen LogP contribution >= 0.6 is 0 Å². The molecule has 0 amide bonds. The maximum atomic E-state index is 11.8. The van der Waals surface area contributed by atoms with Gasteiger partial charge in [-0.2, -0.15) is 0 Å². The molecule has 0 aromatic carbocycles. The van der Waals surface area contributed by atoms with Gasteiger partial charge in [0, 0.05) is 12.6 Å². The van der Waals surface area contributed by atoms with Crippen molar-refractivity contribution in [2.45, 2.75) is 45.1 Å². The van der Waals surface area contributed by atoms with E-state index in [1.807, 2.05) is 6.08 Å². The summed E-state index contributed by atoms with van der Waals surface area (Å²) in [6.07, 6.45) is 3.29. The lowest BCUT2D eigenvalue weighted by Gasteiger charge is -2.17. The number of rotatable bonds is 11. The number of nitrogens with one attached hydrogen (secondary N) is 1. The Kier molecular flexibility index (Phi) is 10.7. The maximum absolute atomic E-state index is 11.8. The van der Waals surface area contributed by atoms with Gasteiger partial charge in [0.1, 0.15) is 6.61 Å². The number of allylic oxidation sites excluding steroid dienone is 1. The molecule has 1 atom stereocenters. The van der Waals surface area contributed by atoms with Crippen molar-refractivity contribution in [3.05, 3.63) is 12.7 Å². The molecule has 0 saturated carbocycles. The number of alkyl halides is 2. The molecule has 1 N–H and O–H groups in total. The van der Waals surface area contributed by atoms with Crippen molar-refractivity contribution < 1.29 is 13.5 Å². The first-order valence-corrected chi connectivity index (χ1v) is 5.90. The molecule has 16 heavy (non-hydrogen) atoms. The summed E-state index contributed by atoms with van der Waals surface area (Å²) >= 11 is 0. The fraction of sp³-hybridized carbons (Fsp3) is 0.833. The van der Waals surface area contributed by atoms with E-state index in [0.717, 1.165) is 32.2 Å². The van der Waals surface area contributed by atoms with Crippen LogP contribution in [0.1, 0.15) is 32.6 Å². The minimum Gasteiger partial charge on any atom is -0.375 e. The highest BCUT2D eigenvalue weighted by Gasteiger charge is 2.07. The van der Waals surface area contributed by atoms with E-state index in [1.54, 1.807) is 0 Å². The molecule has 0 fully saturated rings. The van der Waals surface area contributed by atoms with Crippen molar-refractivity contribution in [2.24, 2.45) is 0 Å². The van der Waals surface area contributed by atoms with Gasteiger partial charge in [0.25, 0.3) is 6.43 Å². The van der Waals surface area contributed by atoms with Crippen molar-refractivity contribution in [3.63, 3.8) is 0 Å². The van der Waals surface area contributed by atoms with Crippen molar-refractivity contribution in [2.75, 3.05) is 19.8 Å². The van der Waals surface area contributed by atoms with Gasteiger partial charge in [0.05, 0.1) is 0 Å². The van der Waals surface area contributed by atoms with E-state index in [0.29, 0.717) is 12.6 Å². The molecule has 2 nitrogen and oxygen atoms in total.